The Balaban J connectivity index is 2.01. The summed E-state index contributed by atoms with van der Waals surface area (Å²) >= 11 is 0. The Morgan fingerprint density at radius 1 is 1.10 bits per heavy atom. The molecule has 1 amide bonds. The highest BCUT2D eigenvalue weighted by atomic mass is 16.5. The molecule has 0 aromatic heterocycles. The molecule has 0 spiro atoms. The molecule has 1 unspecified atom stereocenters. The van der Waals surface area contributed by atoms with Gasteiger partial charge in [0.2, 0.25) is 0 Å². The van der Waals surface area contributed by atoms with Crippen molar-refractivity contribution in [2.45, 2.75) is 12.8 Å². The van der Waals surface area contributed by atoms with Gasteiger partial charge in [-0.25, -0.2) is 4.79 Å². The molecule has 0 fully saturated rings. The summed E-state index contributed by atoms with van der Waals surface area (Å²) in [5.41, 5.74) is 1.06. The van der Waals surface area contributed by atoms with Crippen LogP contribution in [0.3, 0.4) is 0 Å². The zero-order chi connectivity index (χ0) is 15.1. The van der Waals surface area contributed by atoms with E-state index in [0.717, 1.165) is 17.1 Å². The molecule has 0 aliphatic carbocycles. The summed E-state index contributed by atoms with van der Waals surface area (Å²) in [6.07, 6.45) is -0.418. The topological polar surface area (TPSA) is 47.6 Å². The Labute approximate surface area is 124 Å². The standard InChI is InChI=1S/C17H19NO3/c1-13(12-20-17(19)18-2)14-7-6-10-16(11-14)21-15-8-4-3-5-9-15/h3-11,13H,12H2,1-2H3,(H,18,19). The van der Waals surface area contributed by atoms with E-state index in [2.05, 4.69) is 5.32 Å². The Morgan fingerprint density at radius 3 is 2.52 bits per heavy atom. The van der Waals surface area contributed by atoms with Gasteiger partial charge in [-0.15, -0.1) is 0 Å². The average molecular weight is 285 g/mol. The van der Waals surface area contributed by atoms with Crippen molar-refractivity contribution in [2.24, 2.45) is 0 Å². The number of amides is 1. The first-order valence-corrected chi connectivity index (χ1v) is 6.86. The highest BCUT2D eigenvalue weighted by Crippen LogP contribution is 2.25. The number of nitrogens with one attached hydrogen (secondary N) is 1. The van der Waals surface area contributed by atoms with Crippen molar-refractivity contribution in [3.8, 4) is 11.5 Å². The van der Waals surface area contributed by atoms with Crippen LogP contribution in [0.5, 0.6) is 11.5 Å². The Bertz CT molecular complexity index is 584. The summed E-state index contributed by atoms with van der Waals surface area (Å²) < 4.78 is 10.9. The van der Waals surface area contributed by atoms with Crippen molar-refractivity contribution in [1.82, 2.24) is 5.32 Å². The number of alkyl carbamates (subject to hydrolysis) is 1. The molecular formula is C17H19NO3. The first kappa shape index (κ1) is 14.9. The smallest absolute Gasteiger partial charge is 0.406 e. The summed E-state index contributed by atoms with van der Waals surface area (Å²) in [6.45, 7) is 2.33. The summed E-state index contributed by atoms with van der Waals surface area (Å²) in [5.74, 6) is 1.66. The number of ether oxygens (including phenoxy) is 2. The summed E-state index contributed by atoms with van der Waals surface area (Å²) in [6, 6.07) is 17.4. The fraction of sp³-hybridized carbons (Fsp3) is 0.235. The number of carbonyl (C=O) groups excluding carboxylic acids is 1. The second-order valence-corrected chi connectivity index (χ2v) is 4.74. The Kier molecular flexibility index (Phi) is 5.21. The van der Waals surface area contributed by atoms with Crippen LogP contribution in [-0.2, 0) is 4.74 Å². The van der Waals surface area contributed by atoms with Gasteiger partial charge >= 0.3 is 6.09 Å². The first-order valence-electron chi connectivity index (χ1n) is 6.86. The van der Waals surface area contributed by atoms with Crippen LogP contribution in [0.4, 0.5) is 4.79 Å². The minimum Gasteiger partial charge on any atom is -0.457 e. The molecule has 4 heteroatoms. The van der Waals surface area contributed by atoms with Crippen molar-refractivity contribution < 1.29 is 14.3 Å². The van der Waals surface area contributed by atoms with E-state index in [0.29, 0.717) is 6.61 Å². The van der Waals surface area contributed by atoms with Crippen LogP contribution in [-0.4, -0.2) is 19.7 Å². The fourth-order valence-corrected chi connectivity index (χ4v) is 1.88. The molecule has 0 radical (unpaired) electrons. The largest absolute Gasteiger partial charge is 0.457 e. The van der Waals surface area contributed by atoms with Crippen molar-refractivity contribution in [1.29, 1.82) is 0 Å². The van der Waals surface area contributed by atoms with Gasteiger partial charge in [-0.3, -0.25) is 0 Å². The minimum atomic E-state index is -0.418. The average Bonchev–Trinajstić information content (AvgIpc) is 2.53. The van der Waals surface area contributed by atoms with Crippen molar-refractivity contribution in [3.63, 3.8) is 0 Å². The molecule has 2 rings (SSSR count). The van der Waals surface area contributed by atoms with E-state index in [1.54, 1.807) is 7.05 Å². The van der Waals surface area contributed by atoms with Gasteiger partial charge < -0.3 is 14.8 Å². The number of rotatable bonds is 5. The molecule has 1 atom stereocenters. The highest BCUT2D eigenvalue weighted by Gasteiger charge is 2.09. The van der Waals surface area contributed by atoms with Gasteiger partial charge in [0.05, 0.1) is 6.61 Å². The molecule has 0 aliphatic rings. The predicted molar refractivity (Wildman–Crippen MR) is 81.8 cm³/mol. The number of hydrogen-bond acceptors (Lipinski definition) is 3. The molecule has 2 aromatic carbocycles. The van der Waals surface area contributed by atoms with Gasteiger partial charge in [-0.05, 0) is 29.8 Å². The molecule has 4 nitrogen and oxygen atoms in total. The fourth-order valence-electron chi connectivity index (χ4n) is 1.88. The van der Waals surface area contributed by atoms with E-state index in [1.165, 1.54) is 0 Å². The zero-order valence-electron chi connectivity index (χ0n) is 12.2. The lowest BCUT2D eigenvalue weighted by molar-refractivity contribution is 0.143. The van der Waals surface area contributed by atoms with Crippen LogP contribution in [0.25, 0.3) is 0 Å². The van der Waals surface area contributed by atoms with Gasteiger partial charge in [0.15, 0.2) is 0 Å². The van der Waals surface area contributed by atoms with Crippen LogP contribution >= 0.6 is 0 Å². The molecule has 0 heterocycles. The molecule has 0 aliphatic heterocycles. The van der Waals surface area contributed by atoms with Crippen molar-refractivity contribution in [3.05, 3.63) is 60.2 Å². The number of para-hydroxylation sites is 1. The number of hydrogen-bond donors (Lipinski definition) is 1. The maximum Gasteiger partial charge on any atom is 0.406 e. The van der Waals surface area contributed by atoms with Crippen LogP contribution in [0.15, 0.2) is 54.6 Å². The van der Waals surface area contributed by atoms with Gasteiger partial charge in [-0.1, -0.05) is 37.3 Å². The van der Waals surface area contributed by atoms with Gasteiger partial charge in [-0.2, -0.15) is 0 Å². The van der Waals surface area contributed by atoms with Gasteiger partial charge in [0, 0.05) is 13.0 Å². The summed E-state index contributed by atoms with van der Waals surface area (Å²) in [4.78, 5) is 11.1. The van der Waals surface area contributed by atoms with E-state index < -0.39 is 6.09 Å². The van der Waals surface area contributed by atoms with E-state index in [9.17, 15) is 4.79 Å². The number of benzene rings is 2. The van der Waals surface area contributed by atoms with E-state index >= 15 is 0 Å². The third-order valence-electron chi connectivity index (χ3n) is 3.07. The highest BCUT2D eigenvalue weighted by molar-refractivity contribution is 5.66. The third-order valence-corrected chi connectivity index (χ3v) is 3.07. The third kappa shape index (κ3) is 4.53. The Morgan fingerprint density at radius 2 is 1.81 bits per heavy atom. The van der Waals surface area contributed by atoms with Crippen molar-refractivity contribution >= 4 is 6.09 Å². The van der Waals surface area contributed by atoms with Crippen LogP contribution < -0.4 is 10.1 Å². The first-order chi connectivity index (χ1) is 10.2. The summed E-state index contributed by atoms with van der Waals surface area (Å²) in [5, 5.41) is 2.43. The van der Waals surface area contributed by atoms with E-state index in [-0.39, 0.29) is 5.92 Å². The molecule has 0 bridgehead atoms. The maximum absolute atomic E-state index is 11.1. The molecule has 2 aromatic rings. The predicted octanol–water partition coefficient (Wildman–Crippen LogP) is 3.94. The molecule has 21 heavy (non-hydrogen) atoms. The zero-order valence-corrected chi connectivity index (χ0v) is 12.2. The van der Waals surface area contributed by atoms with Gasteiger partial charge in [0.1, 0.15) is 11.5 Å². The van der Waals surface area contributed by atoms with Gasteiger partial charge in [0.25, 0.3) is 0 Å². The minimum absolute atomic E-state index is 0.0987. The quantitative estimate of drug-likeness (QED) is 0.905. The van der Waals surface area contributed by atoms with E-state index in [4.69, 9.17) is 9.47 Å². The summed E-state index contributed by atoms with van der Waals surface area (Å²) in [7, 11) is 1.54. The molecular weight excluding hydrogens is 266 g/mol. The monoisotopic (exact) mass is 285 g/mol. The Hall–Kier alpha value is -2.49. The second-order valence-electron chi connectivity index (χ2n) is 4.74. The molecule has 110 valence electrons. The van der Waals surface area contributed by atoms with E-state index in [1.807, 2.05) is 61.5 Å². The maximum atomic E-state index is 11.1. The molecule has 0 saturated heterocycles. The lowest BCUT2D eigenvalue weighted by Gasteiger charge is -2.14. The van der Waals surface area contributed by atoms with Crippen LogP contribution in [0.2, 0.25) is 0 Å². The van der Waals surface area contributed by atoms with Crippen LogP contribution in [0.1, 0.15) is 18.4 Å². The SMILES string of the molecule is CNC(=O)OCC(C)c1cccc(Oc2ccccc2)c1. The van der Waals surface area contributed by atoms with Crippen LogP contribution in [0, 0.1) is 0 Å². The normalized spacial score (nSPS) is 11.5. The lowest BCUT2D eigenvalue weighted by atomic mass is 10.0. The molecule has 1 N–H and O–H groups in total. The van der Waals surface area contributed by atoms with Crippen molar-refractivity contribution in [2.75, 3.05) is 13.7 Å². The number of carbonyl (C=O) groups is 1. The lowest BCUT2D eigenvalue weighted by Crippen LogP contribution is -2.21. The molecule has 0 saturated carbocycles. The second kappa shape index (κ2) is 7.33.